The summed E-state index contributed by atoms with van der Waals surface area (Å²) < 4.78 is 38.2. The fourth-order valence-electron chi connectivity index (χ4n) is 3.20. The number of hydrogen-bond acceptors (Lipinski definition) is 6. The largest absolute Gasteiger partial charge is 0.497 e. The number of methoxy groups -OCH3 is 1. The number of esters is 1. The lowest BCUT2D eigenvalue weighted by atomic mass is 10.2. The van der Waals surface area contributed by atoms with Gasteiger partial charge in [0.1, 0.15) is 5.75 Å². The Kier molecular flexibility index (Phi) is 7.74. The number of hydrogen-bond donors (Lipinski definition) is 1. The third-order valence-corrected chi connectivity index (χ3v) is 6.47. The summed E-state index contributed by atoms with van der Waals surface area (Å²) in [6.45, 7) is 2.79. The van der Waals surface area contributed by atoms with Crippen LogP contribution in [0, 0.1) is 5.92 Å². The Morgan fingerprint density at radius 2 is 1.84 bits per heavy atom. The smallest absolute Gasteiger partial charge is 0.307 e. The summed E-state index contributed by atoms with van der Waals surface area (Å²) in [7, 11) is -2.37. The van der Waals surface area contributed by atoms with Gasteiger partial charge in [0.15, 0.2) is 0 Å². The number of sulfonamides is 1. The summed E-state index contributed by atoms with van der Waals surface area (Å²) in [4.78, 5) is 26.5. The van der Waals surface area contributed by atoms with Crippen molar-refractivity contribution >= 4 is 27.6 Å². The average molecular weight is 461 g/mol. The number of ether oxygens (including phenoxy) is 2. The van der Waals surface area contributed by atoms with Crippen molar-refractivity contribution in [2.75, 3.05) is 31.5 Å². The Morgan fingerprint density at radius 1 is 1.12 bits per heavy atom. The molecule has 1 N–H and O–H groups in total. The van der Waals surface area contributed by atoms with Crippen molar-refractivity contribution in [3.05, 3.63) is 54.1 Å². The summed E-state index contributed by atoms with van der Waals surface area (Å²) in [5.74, 6) is 0.368. The molecule has 1 saturated carbocycles. The molecule has 0 aliphatic heterocycles. The zero-order valence-corrected chi connectivity index (χ0v) is 19.1. The van der Waals surface area contributed by atoms with E-state index in [1.807, 2.05) is 0 Å². The summed E-state index contributed by atoms with van der Waals surface area (Å²) in [6, 6.07) is 12.4. The van der Waals surface area contributed by atoms with E-state index in [4.69, 9.17) is 9.47 Å². The molecule has 1 aliphatic rings. The number of carbonyl (C=O) groups excluding carboxylic acids is 2. The highest BCUT2D eigenvalue weighted by atomic mass is 32.2. The molecule has 1 amide bonds. The van der Waals surface area contributed by atoms with E-state index in [1.54, 1.807) is 42.2 Å². The van der Waals surface area contributed by atoms with Crippen LogP contribution in [0.3, 0.4) is 0 Å². The third-order valence-electron chi connectivity index (χ3n) is 5.09. The van der Waals surface area contributed by atoms with E-state index in [1.165, 1.54) is 25.3 Å². The Bertz CT molecular complexity index is 1050. The van der Waals surface area contributed by atoms with Gasteiger partial charge in [0.05, 0.1) is 25.0 Å². The second kappa shape index (κ2) is 10.5. The molecule has 1 fully saturated rings. The topological polar surface area (TPSA) is 102 Å². The van der Waals surface area contributed by atoms with Gasteiger partial charge >= 0.3 is 5.97 Å². The molecule has 1 aliphatic carbocycles. The van der Waals surface area contributed by atoms with E-state index in [9.17, 15) is 18.0 Å². The van der Waals surface area contributed by atoms with Crippen molar-refractivity contribution in [3.63, 3.8) is 0 Å². The minimum Gasteiger partial charge on any atom is -0.497 e. The number of benzene rings is 2. The molecule has 172 valence electrons. The number of anilines is 1. The molecule has 3 rings (SSSR count). The molecular formula is C23H28N2O6S. The summed E-state index contributed by atoms with van der Waals surface area (Å²) in [5, 5.41) is 0. The molecular weight excluding hydrogens is 432 g/mol. The van der Waals surface area contributed by atoms with Gasteiger partial charge in [-0.3, -0.25) is 14.3 Å². The van der Waals surface area contributed by atoms with E-state index in [0.717, 1.165) is 12.8 Å². The van der Waals surface area contributed by atoms with Gasteiger partial charge in [0.2, 0.25) is 0 Å². The number of nitrogens with one attached hydrogen (secondary N) is 1. The second-order valence-electron chi connectivity index (χ2n) is 7.61. The Balaban J connectivity index is 1.75. The minimum atomic E-state index is -3.89. The van der Waals surface area contributed by atoms with Crippen molar-refractivity contribution in [3.8, 4) is 5.75 Å². The summed E-state index contributed by atoms with van der Waals surface area (Å²) >= 11 is 0. The van der Waals surface area contributed by atoms with Crippen LogP contribution in [-0.2, 0) is 19.6 Å². The average Bonchev–Trinajstić information content (AvgIpc) is 3.61. The van der Waals surface area contributed by atoms with Crippen LogP contribution < -0.4 is 9.46 Å². The lowest BCUT2D eigenvalue weighted by Gasteiger charge is -2.22. The number of amides is 1. The molecule has 0 saturated heterocycles. The van der Waals surface area contributed by atoms with E-state index in [2.05, 4.69) is 4.72 Å². The SMILES string of the molecule is CCOC(=O)CCN(CC1CC1)C(=O)c1cccc(S(=O)(=O)Nc2ccc(OC)cc2)c1. The van der Waals surface area contributed by atoms with Gasteiger partial charge in [0, 0.05) is 24.3 Å². The zero-order chi connectivity index (χ0) is 23.1. The highest BCUT2D eigenvalue weighted by Crippen LogP contribution is 2.30. The lowest BCUT2D eigenvalue weighted by molar-refractivity contribution is -0.143. The highest BCUT2D eigenvalue weighted by Gasteiger charge is 2.28. The first-order chi connectivity index (χ1) is 15.3. The Hall–Kier alpha value is -3.07. The van der Waals surface area contributed by atoms with Gasteiger partial charge in [0.25, 0.3) is 15.9 Å². The van der Waals surface area contributed by atoms with Gasteiger partial charge in [-0.1, -0.05) is 6.07 Å². The predicted molar refractivity (Wildman–Crippen MR) is 120 cm³/mol. The minimum absolute atomic E-state index is 0.0177. The molecule has 0 unspecified atom stereocenters. The fraction of sp³-hybridized carbons (Fsp3) is 0.391. The molecule has 0 spiro atoms. The number of carbonyl (C=O) groups is 2. The van der Waals surface area contributed by atoms with Gasteiger partial charge in [-0.25, -0.2) is 8.42 Å². The molecule has 2 aromatic carbocycles. The van der Waals surface area contributed by atoms with Crippen molar-refractivity contribution in [1.29, 1.82) is 0 Å². The first-order valence-electron chi connectivity index (χ1n) is 10.5. The molecule has 0 aromatic heterocycles. The van der Waals surface area contributed by atoms with E-state index < -0.39 is 10.0 Å². The predicted octanol–water partition coefficient (Wildman–Crippen LogP) is 3.30. The quantitative estimate of drug-likeness (QED) is 0.516. The van der Waals surface area contributed by atoms with Gasteiger partial charge in [-0.15, -0.1) is 0 Å². The van der Waals surface area contributed by atoms with Crippen LogP contribution in [-0.4, -0.2) is 52.0 Å². The Morgan fingerprint density at radius 3 is 2.47 bits per heavy atom. The molecule has 0 bridgehead atoms. The van der Waals surface area contributed by atoms with E-state index >= 15 is 0 Å². The normalized spacial score (nSPS) is 13.3. The maximum atomic E-state index is 13.1. The first kappa shape index (κ1) is 23.6. The number of nitrogens with zero attached hydrogens (tertiary/aromatic N) is 1. The molecule has 0 radical (unpaired) electrons. The molecule has 0 heterocycles. The van der Waals surface area contributed by atoms with E-state index in [0.29, 0.717) is 23.9 Å². The van der Waals surface area contributed by atoms with Gasteiger partial charge in [-0.05, 0) is 68.1 Å². The standard InChI is InChI=1S/C23H28N2O6S/c1-3-31-22(26)13-14-25(16-17-7-8-17)23(27)18-5-4-6-21(15-18)32(28,29)24-19-9-11-20(30-2)12-10-19/h4-6,9-12,15,17,24H,3,7-8,13-14,16H2,1-2H3. The van der Waals surface area contributed by atoms with Crippen LogP contribution in [0.4, 0.5) is 5.69 Å². The van der Waals surface area contributed by atoms with Crippen molar-refractivity contribution < 1.29 is 27.5 Å². The van der Waals surface area contributed by atoms with Crippen LogP contribution in [0.5, 0.6) is 5.75 Å². The van der Waals surface area contributed by atoms with Crippen LogP contribution >= 0.6 is 0 Å². The number of rotatable bonds is 11. The van der Waals surface area contributed by atoms with Gasteiger partial charge in [-0.2, -0.15) is 0 Å². The summed E-state index contributed by atoms with van der Waals surface area (Å²) in [6.07, 6.45) is 2.19. The van der Waals surface area contributed by atoms with Crippen molar-refractivity contribution in [1.82, 2.24) is 4.90 Å². The van der Waals surface area contributed by atoms with Crippen LogP contribution in [0.25, 0.3) is 0 Å². The maximum Gasteiger partial charge on any atom is 0.307 e. The molecule has 2 aromatic rings. The monoisotopic (exact) mass is 460 g/mol. The second-order valence-corrected chi connectivity index (χ2v) is 9.29. The zero-order valence-electron chi connectivity index (χ0n) is 18.2. The van der Waals surface area contributed by atoms with Crippen LogP contribution in [0.1, 0.15) is 36.5 Å². The van der Waals surface area contributed by atoms with Crippen molar-refractivity contribution in [2.45, 2.75) is 31.1 Å². The Labute approximate surface area is 188 Å². The molecule has 9 heteroatoms. The molecule has 32 heavy (non-hydrogen) atoms. The highest BCUT2D eigenvalue weighted by molar-refractivity contribution is 7.92. The maximum absolute atomic E-state index is 13.1. The van der Waals surface area contributed by atoms with E-state index in [-0.39, 0.29) is 41.9 Å². The van der Waals surface area contributed by atoms with Crippen LogP contribution in [0.2, 0.25) is 0 Å². The summed E-state index contributed by atoms with van der Waals surface area (Å²) in [5.41, 5.74) is 0.638. The molecule has 8 nitrogen and oxygen atoms in total. The van der Waals surface area contributed by atoms with Gasteiger partial charge < -0.3 is 14.4 Å². The molecule has 0 atom stereocenters. The first-order valence-corrected chi connectivity index (χ1v) is 12.0. The van der Waals surface area contributed by atoms with Crippen molar-refractivity contribution in [2.24, 2.45) is 5.92 Å². The fourth-order valence-corrected chi connectivity index (χ4v) is 4.30. The third kappa shape index (κ3) is 6.46. The lowest BCUT2D eigenvalue weighted by Crippen LogP contribution is -2.35. The van der Waals surface area contributed by atoms with Crippen LogP contribution in [0.15, 0.2) is 53.4 Å².